The summed E-state index contributed by atoms with van der Waals surface area (Å²) in [4.78, 5) is 0. The van der Waals surface area contributed by atoms with Gasteiger partial charge < -0.3 is 9.47 Å². The number of halogens is 7. The molecule has 0 aliphatic carbocycles. The third-order valence-electron chi connectivity index (χ3n) is 7.19. The third kappa shape index (κ3) is 7.30. The molecule has 5 aromatic rings. The van der Waals surface area contributed by atoms with E-state index in [9.17, 15) is 22.0 Å². The van der Waals surface area contributed by atoms with Gasteiger partial charge >= 0.3 is 6.11 Å². The molecule has 0 aromatic heterocycles. The topological polar surface area (TPSA) is 18.5 Å². The Morgan fingerprint density at radius 3 is 1.67 bits per heavy atom. The number of ether oxygens (including phenoxy) is 2. The number of benzene rings is 5. The monoisotopic (exact) mass is 624 g/mol. The lowest BCUT2D eigenvalue weighted by Crippen LogP contribution is -2.22. The fourth-order valence-corrected chi connectivity index (χ4v) is 4.77. The molecule has 0 bridgehead atoms. The van der Waals surface area contributed by atoms with E-state index < -0.39 is 46.5 Å². The van der Waals surface area contributed by atoms with Crippen LogP contribution < -0.4 is 9.47 Å². The predicted octanol–water partition coefficient (Wildman–Crippen LogP) is 11.1. The Labute approximate surface area is 255 Å². The Morgan fingerprint density at radius 1 is 0.533 bits per heavy atom. The van der Waals surface area contributed by atoms with Crippen LogP contribution in [0.25, 0.3) is 33.4 Å². The lowest BCUT2D eigenvalue weighted by atomic mass is 9.96. The third-order valence-corrected chi connectivity index (χ3v) is 7.19. The second-order valence-electron chi connectivity index (χ2n) is 10.4. The Morgan fingerprint density at radius 2 is 1.07 bits per heavy atom. The molecule has 0 aliphatic rings. The van der Waals surface area contributed by atoms with E-state index in [0.717, 1.165) is 48.8 Å². The van der Waals surface area contributed by atoms with Crippen molar-refractivity contribution in [2.24, 2.45) is 0 Å². The van der Waals surface area contributed by atoms with E-state index in [-0.39, 0.29) is 22.3 Å². The first-order valence-corrected chi connectivity index (χ1v) is 14.2. The van der Waals surface area contributed by atoms with Crippen LogP contribution in [0.2, 0.25) is 0 Å². The molecule has 0 atom stereocenters. The number of hydrogen-bond donors (Lipinski definition) is 0. The van der Waals surface area contributed by atoms with Gasteiger partial charge in [-0.05, 0) is 65.1 Å². The maximum atomic E-state index is 15.2. The zero-order valence-electron chi connectivity index (χ0n) is 24.0. The first kappa shape index (κ1) is 31.6. The van der Waals surface area contributed by atoms with E-state index in [0.29, 0.717) is 24.3 Å². The molecule has 5 rings (SSSR count). The van der Waals surface area contributed by atoms with Crippen LogP contribution in [0.1, 0.15) is 31.7 Å². The fourth-order valence-electron chi connectivity index (χ4n) is 4.77. The molecule has 0 fully saturated rings. The normalized spacial score (nSPS) is 11.5. The van der Waals surface area contributed by atoms with Crippen molar-refractivity contribution in [3.63, 3.8) is 0 Å². The Balaban J connectivity index is 1.29. The highest BCUT2D eigenvalue weighted by molar-refractivity contribution is 5.74. The van der Waals surface area contributed by atoms with E-state index in [2.05, 4.69) is 11.7 Å². The molecule has 0 saturated heterocycles. The minimum Gasteiger partial charge on any atom is -0.494 e. The molecule has 2 nitrogen and oxygen atoms in total. The quantitative estimate of drug-likeness (QED) is 0.0827. The van der Waals surface area contributed by atoms with Gasteiger partial charge in [-0.1, -0.05) is 68.3 Å². The SMILES string of the molecule is CCCCCOc1ccc(-c2ccc(-c3ccc(-c4ccc(C(F)(F)Oc5cc(F)c(F)c(F)c5)cc4)c(F)c3)c(F)c2)cc1. The molecular weight excluding hydrogens is 597 g/mol. The molecule has 0 aliphatic heterocycles. The van der Waals surface area contributed by atoms with Crippen molar-refractivity contribution in [3.8, 4) is 44.9 Å². The average Bonchev–Trinajstić information content (AvgIpc) is 3.02. The van der Waals surface area contributed by atoms with Crippen LogP contribution in [0.15, 0.2) is 97.1 Å². The number of hydrogen-bond acceptors (Lipinski definition) is 2. The average molecular weight is 625 g/mol. The highest BCUT2D eigenvalue weighted by atomic mass is 19.3. The van der Waals surface area contributed by atoms with Crippen molar-refractivity contribution in [2.75, 3.05) is 6.61 Å². The summed E-state index contributed by atoms with van der Waals surface area (Å²) < 4.78 is 110. The van der Waals surface area contributed by atoms with E-state index in [1.807, 2.05) is 24.3 Å². The largest absolute Gasteiger partial charge is 0.494 e. The standard InChI is InChI=1S/C36H27F7O2/c1-2-3-4-17-44-27-13-7-22(8-14-27)24-9-15-30(31(37)18-24)25-10-16-29(32(38)19-25)23-5-11-26(12-6-23)36(42,43)45-28-20-33(39)35(41)34(40)21-28/h5-16,18-21H,2-4,17H2,1H3. The van der Waals surface area contributed by atoms with E-state index in [4.69, 9.17) is 4.74 Å². The minimum absolute atomic E-state index is 0.0752. The van der Waals surface area contributed by atoms with E-state index in [1.54, 1.807) is 12.1 Å². The van der Waals surface area contributed by atoms with Crippen LogP contribution in [-0.2, 0) is 6.11 Å². The van der Waals surface area contributed by atoms with Gasteiger partial charge in [-0.15, -0.1) is 0 Å². The van der Waals surface area contributed by atoms with Gasteiger partial charge in [0.2, 0.25) is 0 Å². The first-order valence-electron chi connectivity index (χ1n) is 14.2. The molecule has 232 valence electrons. The second-order valence-corrected chi connectivity index (χ2v) is 10.4. The Bertz CT molecular complexity index is 1760. The number of unbranched alkanes of at least 4 members (excludes halogenated alkanes) is 2. The predicted molar refractivity (Wildman–Crippen MR) is 159 cm³/mol. The maximum absolute atomic E-state index is 15.2. The van der Waals surface area contributed by atoms with Gasteiger partial charge in [-0.3, -0.25) is 0 Å². The van der Waals surface area contributed by atoms with Crippen molar-refractivity contribution in [2.45, 2.75) is 32.3 Å². The van der Waals surface area contributed by atoms with Crippen molar-refractivity contribution in [3.05, 3.63) is 132 Å². The van der Waals surface area contributed by atoms with Crippen molar-refractivity contribution >= 4 is 0 Å². The zero-order chi connectivity index (χ0) is 32.1. The van der Waals surface area contributed by atoms with E-state index in [1.165, 1.54) is 30.3 Å². The lowest BCUT2D eigenvalue weighted by Gasteiger charge is -2.19. The van der Waals surface area contributed by atoms with E-state index >= 15 is 8.78 Å². The molecule has 0 saturated carbocycles. The fraction of sp³-hybridized carbons (Fsp3) is 0.167. The van der Waals surface area contributed by atoms with Gasteiger partial charge in [0, 0.05) is 23.3 Å². The first-order chi connectivity index (χ1) is 21.6. The Kier molecular flexibility index (Phi) is 9.46. The van der Waals surface area contributed by atoms with Crippen LogP contribution in [-0.4, -0.2) is 6.61 Å². The second kappa shape index (κ2) is 13.5. The van der Waals surface area contributed by atoms with Gasteiger partial charge in [0.15, 0.2) is 17.5 Å². The molecular formula is C36H27F7O2. The van der Waals surface area contributed by atoms with Gasteiger partial charge in [0.05, 0.1) is 12.2 Å². The summed E-state index contributed by atoms with van der Waals surface area (Å²) in [5, 5.41) is 0. The summed E-state index contributed by atoms with van der Waals surface area (Å²) in [6, 6.07) is 21.0. The van der Waals surface area contributed by atoms with Gasteiger partial charge in [0.25, 0.3) is 0 Å². The highest BCUT2D eigenvalue weighted by Crippen LogP contribution is 2.36. The summed E-state index contributed by atoms with van der Waals surface area (Å²) in [6.07, 6.45) is -0.863. The number of alkyl halides is 2. The summed E-state index contributed by atoms with van der Waals surface area (Å²) >= 11 is 0. The maximum Gasteiger partial charge on any atom is 0.426 e. The lowest BCUT2D eigenvalue weighted by molar-refractivity contribution is -0.185. The van der Waals surface area contributed by atoms with Crippen molar-refractivity contribution < 1.29 is 40.2 Å². The molecule has 0 spiro atoms. The van der Waals surface area contributed by atoms with Crippen LogP contribution in [0, 0.1) is 29.1 Å². The smallest absolute Gasteiger partial charge is 0.426 e. The highest BCUT2D eigenvalue weighted by Gasteiger charge is 2.35. The molecule has 5 aromatic carbocycles. The molecule has 9 heteroatoms. The summed E-state index contributed by atoms with van der Waals surface area (Å²) in [6.45, 7) is 2.75. The Hall–Kier alpha value is -4.79. The molecule has 0 amide bonds. The van der Waals surface area contributed by atoms with Crippen molar-refractivity contribution in [1.82, 2.24) is 0 Å². The summed E-state index contributed by atoms with van der Waals surface area (Å²) in [5.74, 6) is -6.61. The molecule has 0 unspecified atom stereocenters. The van der Waals surface area contributed by atoms with Gasteiger partial charge in [0.1, 0.15) is 23.1 Å². The molecule has 45 heavy (non-hydrogen) atoms. The minimum atomic E-state index is -4.04. The molecule has 0 heterocycles. The zero-order valence-corrected chi connectivity index (χ0v) is 24.0. The molecule has 0 N–H and O–H groups in total. The summed E-state index contributed by atoms with van der Waals surface area (Å²) in [5.41, 5.74) is 1.52. The van der Waals surface area contributed by atoms with Gasteiger partial charge in [-0.2, -0.15) is 8.78 Å². The summed E-state index contributed by atoms with van der Waals surface area (Å²) in [7, 11) is 0. The van der Waals surface area contributed by atoms with Crippen LogP contribution >= 0.6 is 0 Å². The molecule has 0 radical (unpaired) electrons. The van der Waals surface area contributed by atoms with Crippen LogP contribution in [0.3, 0.4) is 0 Å². The van der Waals surface area contributed by atoms with Crippen LogP contribution in [0.4, 0.5) is 30.7 Å². The van der Waals surface area contributed by atoms with Gasteiger partial charge in [-0.25, -0.2) is 22.0 Å². The van der Waals surface area contributed by atoms with Crippen molar-refractivity contribution in [1.29, 1.82) is 0 Å². The van der Waals surface area contributed by atoms with Crippen LogP contribution in [0.5, 0.6) is 11.5 Å². The number of rotatable bonds is 11.